The number of rotatable bonds is 5. The van der Waals surface area contributed by atoms with E-state index in [0.29, 0.717) is 33.7 Å². The smallest absolute Gasteiger partial charge is 0.312 e. The maximum atomic E-state index is 12.6. The number of nitrogens with zero attached hydrogens (tertiary/aromatic N) is 4. The van der Waals surface area contributed by atoms with Gasteiger partial charge in [-0.2, -0.15) is 0 Å². The van der Waals surface area contributed by atoms with Crippen molar-refractivity contribution < 1.29 is 19.1 Å². The van der Waals surface area contributed by atoms with Crippen LogP contribution in [0.1, 0.15) is 24.3 Å². The molecule has 1 amide bonds. The zero-order valence-electron chi connectivity index (χ0n) is 16.3. The SMILES string of the molecule is C[C@@H](OC(=O)Cc1c(-c2ccc3c(n2)OCC(=O)N3)nnn1C)c1ccccc1Cl. The van der Waals surface area contributed by atoms with E-state index in [2.05, 4.69) is 20.6 Å². The molecule has 0 aliphatic carbocycles. The normalized spacial score (nSPS) is 13.8. The monoisotopic (exact) mass is 427 g/mol. The number of carbonyl (C=O) groups is 2. The molecule has 1 aliphatic heterocycles. The van der Waals surface area contributed by atoms with Crippen LogP contribution in [-0.2, 0) is 27.8 Å². The van der Waals surface area contributed by atoms with Crippen LogP contribution in [0.5, 0.6) is 5.88 Å². The fourth-order valence-corrected chi connectivity index (χ4v) is 3.40. The van der Waals surface area contributed by atoms with E-state index in [0.717, 1.165) is 5.56 Å². The number of pyridine rings is 1. The second-order valence-corrected chi connectivity index (χ2v) is 7.13. The van der Waals surface area contributed by atoms with Crippen molar-refractivity contribution in [2.24, 2.45) is 7.05 Å². The molecule has 10 heteroatoms. The molecule has 3 aromatic rings. The molecule has 0 bridgehead atoms. The Morgan fingerprint density at radius 2 is 2.13 bits per heavy atom. The Morgan fingerprint density at radius 3 is 2.93 bits per heavy atom. The predicted molar refractivity (Wildman–Crippen MR) is 108 cm³/mol. The molecule has 9 nitrogen and oxygen atoms in total. The molecule has 0 unspecified atom stereocenters. The van der Waals surface area contributed by atoms with Crippen molar-refractivity contribution in [3.05, 3.63) is 52.7 Å². The Bertz CT molecular complexity index is 1130. The maximum absolute atomic E-state index is 12.6. The van der Waals surface area contributed by atoms with Gasteiger partial charge in [0.1, 0.15) is 17.5 Å². The summed E-state index contributed by atoms with van der Waals surface area (Å²) in [5.41, 5.74) is 2.65. The zero-order chi connectivity index (χ0) is 21.3. The molecule has 154 valence electrons. The second kappa shape index (κ2) is 8.11. The van der Waals surface area contributed by atoms with Crippen LogP contribution in [0, 0.1) is 0 Å². The second-order valence-electron chi connectivity index (χ2n) is 6.72. The molecule has 1 aliphatic rings. The minimum absolute atomic E-state index is 0.0516. The maximum Gasteiger partial charge on any atom is 0.312 e. The Hall–Kier alpha value is -3.46. The third kappa shape index (κ3) is 3.97. The number of amides is 1. The number of ether oxygens (including phenoxy) is 2. The molecule has 2 aromatic heterocycles. The van der Waals surface area contributed by atoms with Gasteiger partial charge in [0, 0.05) is 17.6 Å². The lowest BCUT2D eigenvalue weighted by molar-refractivity contribution is -0.147. The van der Waals surface area contributed by atoms with Crippen LogP contribution in [0.2, 0.25) is 5.02 Å². The highest BCUT2D eigenvalue weighted by Gasteiger charge is 2.23. The number of fused-ring (bicyclic) bond motifs is 1. The van der Waals surface area contributed by atoms with E-state index in [4.69, 9.17) is 21.1 Å². The summed E-state index contributed by atoms with van der Waals surface area (Å²) in [6, 6.07) is 10.6. The Kier molecular flexibility index (Phi) is 5.37. The van der Waals surface area contributed by atoms with E-state index in [1.165, 1.54) is 4.68 Å². The first-order valence-electron chi connectivity index (χ1n) is 9.19. The van der Waals surface area contributed by atoms with E-state index >= 15 is 0 Å². The van der Waals surface area contributed by atoms with Crippen molar-refractivity contribution in [2.75, 3.05) is 11.9 Å². The van der Waals surface area contributed by atoms with Crippen LogP contribution in [-0.4, -0.2) is 38.5 Å². The number of benzene rings is 1. The summed E-state index contributed by atoms with van der Waals surface area (Å²) in [5.74, 6) is -0.401. The lowest BCUT2D eigenvalue weighted by Gasteiger charge is -2.17. The Balaban J connectivity index is 1.54. The van der Waals surface area contributed by atoms with Crippen molar-refractivity contribution in [1.29, 1.82) is 0 Å². The minimum Gasteiger partial charge on any atom is -0.466 e. The summed E-state index contributed by atoms with van der Waals surface area (Å²) in [5, 5.41) is 11.4. The van der Waals surface area contributed by atoms with E-state index in [1.807, 2.05) is 18.2 Å². The molecule has 30 heavy (non-hydrogen) atoms. The number of nitrogens with one attached hydrogen (secondary N) is 1. The Labute approximate surface area is 177 Å². The van der Waals surface area contributed by atoms with Crippen molar-refractivity contribution in [3.63, 3.8) is 0 Å². The third-order valence-corrected chi connectivity index (χ3v) is 4.97. The van der Waals surface area contributed by atoms with E-state index in [9.17, 15) is 9.59 Å². The number of aryl methyl sites for hydroxylation is 1. The number of hydrogen-bond donors (Lipinski definition) is 1. The predicted octanol–water partition coefficient (Wildman–Crippen LogP) is 2.71. The average molecular weight is 428 g/mol. The van der Waals surface area contributed by atoms with Crippen LogP contribution in [0.25, 0.3) is 11.4 Å². The van der Waals surface area contributed by atoms with Crippen LogP contribution >= 0.6 is 11.6 Å². The molecule has 0 radical (unpaired) electrons. The highest BCUT2D eigenvalue weighted by atomic mass is 35.5. The van der Waals surface area contributed by atoms with E-state index < -0.39 is 12.1 Å². The largest absolute Gasteiger partial charge is 0.466 e. The highest BCUT2D eigenvalue weighted by Crippen LogP contribution is 2.30. The number of aromatic nitrogens is 4. The number of carbonyl (C=O) groups excluding carboxylic acids is 2. The van der Waals surface area contributed by atoms with Gasteiger partial charge in [-0.25, -0.2) is 4.98 Å². The number of halogens is 1. The average Bonchev–Trinajstić information content (AvgIpc) is 3.08. The molecule has 1 aromatic carbocycles. The van der Waals surface area contributed by atoms with Crippen molar-refractivity contribution >= 4 is 29.2 Å². The van der Waals surface area contributed by atoms with E-state index in [-0.39, 0.29) is 18.9 Å². The summed E-state index contributed by atoms with van der Waals surface area (Å²) in [6.45, 7) is 1.65. The summed E-state index contributed by atoms with van der Waals surface area (Å²) in [4.78, 5) is 28.4. The van der Waals surface area contributed by atoms with Crippen molar-refractivity contribution in [3.8, 4) is 17.3 Å². The summed E-state index contributed by atoms with van der Waals surface area (Å²) >= 11 is 6.18. The van der Waals surface area contributed by atoms with Gasteiger partial charge in [-0.3, -0.25) is 14.3 Å². The molecule has 0 saturated carbocycles. The van der Waals surface area contributed by atoms with Gasteiger partial charge in [0.2, 0.25) is 5.88 Å². The van der Waals surface area contributed by atoms with Gasteiger partial charge in [0.15, 0.2) is 6.61 Å². The van der Waals surface area contributed by atoms with Gasteiger partial charge < -0.3 is 14.8 Å². The van der Waals surface area contributed by atoms with Gasteiger partial charge >= 0.3 is 5.97 Å². The standard InChI is InChI=1S/C20H18ClN5O4/c1-11(12-5-3-4-6-13(12)21)30-18(28)9-16-19(24-25-26(16)2)14-7-8-15-20(23-14)29-10-17(27)22-15/h3-8,11H,9-10H2,1-2H3,(H,22,27)/t11-/m1/s1. The lowest BCUT2D eigenvalue weighted by atomic mass is 10.1. The van der Waals surface area contributed by atoms with Crippen LogP contribution in [0.3, 0.4) is 0 Å². The number of anilines is 1. The van der Waals surface area contributed by atoms with Crippen molar-refractivity contribution in [1.82, 2.24) is 20.0 Å². The summed E-state index contributed by atoms with van der Waals surface area (Å²) < 4.78 is 12.4. The first-order chi connectivity index (χ1) is 14.4. The van der Waals surface area contributed by atoms with Crippen LogP contribution < -0.4 is 10.1 Å². The first-order valence-corrected chi connectivity index (χ1v) is 9.56. The molecule has 1 N–H and O–H groups in total. The van der Waals surface area contributed by atoms with Crippen LogP contribution in [0.4, 0.5) is 5.69 Å². The topological polar surface area (TPSA) is 108 Å². The molecule has 3 heterocycles. The van der Waals surface area contributed by atoms with Crippen molar-refractivity contribution in [2.45, 2.75) is 19.4 Å². The Morgan fingerprint density at radius 1 is 1.33 bits per heavy atom. The molecule has 0 spiro atoms. The van der Waals surface area contributed by atoms with Gasteiger partial charge in [0.05, 0.1) is 17.8 Å². The highest BCUT2D eigenvalue weighted by molar-refractivity contribution is 6.31. The third-order valence-electron chi connectivity index (χ3n) is 4.62. The fraction of sp³-hybridized carbons (Fsp3) is 0.250. The van der Waals surface area contributed by atoms with Gasteiger partial charge in [-0.1, -0.05) is 35.0 Å². The zero-order valence-corrected chi connectivity index (χ0v) is 17.0. The molecular weight excluding hydrogens is 410 g/mol. The first kappa shape index (κ1) is 19.8. The number of hydrogen-bond acceptors (Lipinski definition) is 7. The van der Waals surface area contributed by atoms with Gasteiger partial charge in [-0.05, 0) is 25.1 Å². The minimum atomic E-state index is -0.505. The summed E-state index contributed by atoms with van der Waals surface area (Å²) in [6.07, 6.45) is -0.556. The molecule has 0 fully saturated rings. The van der Waals surface area contributed by atoms with E-state index in [1.54, 1.807) is 32.2 Å². The van der Waals surface area contributed by atoms with Gasteiger partial charge in [-0.15, -0.1) is 5.10 Å². The lowest BCUT2D eigenvalue weighted by Crippen LogP contribution is -2.26. The van der Waals surface area contributed by atoms with Gasteiger partial charge in [0.25, 0.3) is 5.91 Å². The summed E-state index contributed by atoms with van der Waals surface area (Å²) in [7, 11) is 1.69. The number of esters is 1. The molecule has 4 rings (SSSR count). The molecule has 1 atom stereocenters. The molecule has 0 saturated heterocycles. The van der Waals surface area contributed by atoms with Crippen LogP contribution in [0.15, 0.2) is 36.4 Å². The quantitative estimate of drug-likeness (QED) is 0.623. The molecular formula is C20H18ClN5O4. The fourth-order valence-electron chi connectivity index (χ4n) is 3.12.